The van der Waals surface area contributed by atoms with Gasteiger partial charge < -0.3 is 9.32 Å². The molecule has 4 aromatic rings. The molecule has 0 N–H and O–H groups in total. The van der Waals surface area contributed by atoms with Gasteiger partial charge in [0, 0.05) is 36.2 Å². The van der Waals surface area contributed by atoms with E-state index in [1.807, 2.05) is 40.0 Å². The fraction of sp³-hybridized carbons (Fsp3) is 0.606. The SMILES string of the molecule is Cc1cc(-c2cc(C(=O)N3CCC(Cn4cc(C5CCC(C(C)C)CC5)nn4)C(F)(F)C3)c3cnn(C(C)C)c3n2)c(C)o1. The van der Waals surface area contributed by atoms with Crippen LogP contribution in [0.1, 0.15) is 99.3 Å². The Morgan fingerprint density at radius 3 is 2.48 bits per heavy atom. The molecule has 0 radical (unpaired) electrons. The highest BCUT2D eigenvalue weighted by Gasteiger charge is 2.46. The number of amides is 1. The van der Waals surface area contributed by atoms with Gasteiger partial charge in [0.15, 0.2) is 5.65 Å². The molecule has 236 valence electrons. The van der Waals surface area contributed by atoms with Gasteiger partial charge in [-0.25, -0.2) is 18.4 Å². The Labute approximate surface area is 257 Å². The van der Waals surface area contributed by atoms with E-state index in [9.17, 15) is 4.79 Å². The molecule has 2 aliphatic rings. The van der Waals surface area contributed by atoms with E-state index >= 15 is 8.78 Å². The van der Waals surface area contributed by atoms with Crippen LogP contribution in [0.3, 0.4) is 0 Å². The topological polar surface area (TPSA) is 94.9 Å². The summed E-state index contributed by atoms with van der Waals surface area (Å²) in [4.78, 5) is 20.0. The lowest BCUT2D eigenvalue weighted by molar-refractivity contribution is -0.108. The van der Waals surface area contributed by atoms with Crippen LogP contribution in [0.25, 0.3) is 22.3 Å². The number of aryl methyl sites for hydroxylation is 2. The molecule has 44 heavy (non-hydrogen) atoms. The first-order chi connectivity index (χ1) is 20.9. The lowest BCUT2D eigenvalue weighted by Crippen LogP contribution is -2.51. The van der Waals surface area contributed by atoms with Crippen LogP contribution in [0.4, 0.5) is 8.78 Å². The zero-order chi connectivity index (χ0) is 31.3. The van der Waals surface area contributed by atoms with Crippen molar-refractivity contribution < 1.29 is 18.0 Å². The Morgan fingerprint density at radius 1 is 1.09 bits per heavy atom. The molecule has 6 rings (SSSR count). The Kier molecular flexibility index (Phi) is 8.09. The molecule has 0 spiro atoms. The van der Waals surface area contributed by atoms with Crippen LogP contribution >= 0.6 is 0 Å². The van der Waals surface area contributed by atoms with Crippen LogP contribution in [-0.2, 0) is 6.54 Å². The van der Waals surface area contributed by atoms with Crippen molar-refractivity contribution in [3.05, 3.63) is 47.3 Å². The minimum atomic E-state index is -3.08. The average Bonchev–Trinajstić information content (AvgIpc) is 3.71. The quantitative estimate of drug-likeness (QED) is 0.220. The van der Waals surface area contributed by atoms with Crippen LogP contribution in [0.5, 0.6) is 0 Å². The van der Waals surface area contributed by atoms with Crippen molar-refractivity contribution >= 4 is 16.9 Å². The first-order valence-corrected chi connectivity index (χ1v) is 15.9. The molecular formula is C33H43F2N7O2. The highest BCUT2D eigenvalue weighted by Crippen LogP contribution is 2.39. The number of halogens is 2. The minimum absolute atomic E-state index is 0.00201. The van der Waals surface area contributed by atoms with Crippen molar-refractivity contribution in [3.63, 3.8) is 0 Å². The van der Waals surface area contributed by atoms with E-state index in [4.69, 9.17) is 9.40 Å². The van der Waals surface area contributed by atoms with Crippen molar-refractivity contribution in [3.8, 4) is 11.3 Å². The molecule has 9 nitrogen and oxygen atoms in total. The predicted octanol–water partition coefficient (Wildman–Crippen LogP) is 7.21. The number of piperidine rings is 1. The van der Waals surface area contributed by atoms with E-state index in [2.05, 4.69) is 29.3 Å². The van der Waals surface area contributed by atoms with Gasteiger partial charge in [-0.1, -0.05) is 19.1 Å². The van der Waals surface area contributed by atoms with Crippen LogP contribution in [0.2, 0.25) is 0 Å². The number of pyridine rings is 1. The molecule has 0 aromatic carbocycles. The van der Waals surface area contributed by atoms with Crippen LogP contribution in [0.15, 0.2) is 28.9 Å². The molecule has 11 heteroatoms. The summed E-state index contributed by atoms with van der Waals surface area (Å²) in [5.41, 5.74) is 3.08. The maximum absolute atomic E-state index is 15.7. The lowest BCUT2D eigenvalue weighted by Gasteiger charge is -2.38. The number of hydrogen-bond donors (Lipinski definition) is 0. The zero-order valence-corrected chi connectivity index (χ0v) is 26.6. The van der Waals surface area contributed by atoms with E-state index in [0.29, 0.717) is 39.9 Å². The van der Waals surface area contributed by atoms with Gasteiger partial charge in [0.1, 0.15) is 11.5 Å². The van der Waals surface area contributed by atoms with E-state index in [0.717, 1.165) is 35.8 Å². The molecule has 1 saturated heterocycles. The van der Waals surface area contributed by atoms with Crippen molar-refractivity contribution in [1.82, 2.24) is 34.7 Å². The van der Waals surface area contributed by atoms with Crippen LogP contribution in [0, 0.1) is 31.6 Å². The average molecular weight is 608 g/mol. The van der Waals surface area contributed by atoms with Crippen LogP contribution in [-0.4, -0.2) is 59.6 Å². The van der Waals surface area contributed by atoms with Crippen molar-refractivity contribution in [2.75, 3.05) is 13.1 Å². The number of likely N-dealkylation sites (tertiary alicyclic amines) is 1. The molecule has 1 aliphatic heterocycles. The van der Waals surface area contributed by atoms with Gasteiger partial charge in [0.2, 0.25) is 0 Å². The Hall–Kier alpha value is -3.63. The maximum Gasteiger partial charge on any atom is 0.269 e. The standard InChI is InChI=1S/C33H43F2N7O2/c1-19(2)23-7-9-24(10-8-23)30-17-41(39-38-30)16-25-11-12-40(18-33(25,34)35)32(43)27-14-29(26-13-21(5)44-22(26)6)37-31-28(27)15-36-42(31)20(3)4/h13-15,17,19-20,23-25H,7-12,16,18H2,1-6H3. The second-order valence-electron chi connectivity index (χ2n) is 13.5. The van der Waals surface area contributed by atoms with E-state index in [1.54, 1.807) is 21.6 Å². The third-order valence-electron chi connectivity index (χ3n) is 9.73. The summed E-state index contributed by atoms with van der Waals surface area (Å²) in [6.07, 6.45) is 8.11. The molecule has 1 atom stereocenters. The molecule has 2 fully saturated rings. The minimum Gasteiger partial charge on any atom is -0.466 e. The van der Waals surface area contributed by atoms with E-state index in [1.165, 1.54) is 17.7 Å². The molecule has 0 bridgehead atoms. The Morgan fingerprint density at radius 2 is 1.84 bits per heavy atom. The largest absolute Gasteiger partial charge is 0.466 e. The summed E-state index contributed by atoms with van der Waals surface area (Å²) in [5.74, 6) is -1.29. The summed E-state index contributed by atoms with van der Waals surface area (Å²) in [6.45, 7) is 11.9. The highest BCUT2D eigenvalue weighted by molar-refractivity contribution is 6.06. The first-order valence-electron chi connectivity index (χ1n) is 15.9. The van der Waals surface area contributed by atoms with Crippen molar-refractivity contribution in [2.24, 2.45) is 17.8 Å². The number of rotatable bonds is 7. The normalized spacial score (nSPS) is 22.4. The molecular weight excluding hydrogens is 564 g/mol. The van der Waals surface area contributed by atoms with Gasteiger partial charge in [-0.2, -0.15) is 5.10 Å². The summed E-state index contributed by atoms with van der Waals surface area (Å²) in [5, 5.41) is 13.6. The van der Waals surface area contributed by atoms with Crippen LogP contribution < -0.4 is 0 Å². The monoisotopic (exact) mass is 607 g/mol. The van der Waals surface area contributed by atoms with Gasteiger partial charge in [-0.3, -0.25) is 9.48 Å². The van der Waals surface area contributed by atoms with Gasteiger partial charge in [0.25, 0.3) is 11.8 Å². The highest BCUT2D eigenvalue weighted by atomic mass is 19.3. The molecule has 1 aliphatic carbocycles. The number of alkyl halides is 2. The molecule has 4 aromatic heterocycles. The Bertz CT molecular complexity index is 1640. The summed E-state index contributed by atoms with van der Waals surface area (Å²) in [7, 11) is 0. The van der Waals surface area contributed by atoms with Gasteiger partial charge in [-0.15, -0.1) is 5.10 Å². The third-order valence-corrected chi connectivity index (χ3v) is 9.73. The second kappa shape index (κ2) is 11.7. The predicted molar refractivity (Wildman–Crippen MR) is 164 cm³/mol. The Balaban J connectivity index is 1.19. The number of fused-ring (bicyclic) bond motifs is 1. The molecule has 1 saturated carbocycles. The summed E-state index contributed by atoms with van der Waals surface area (Å²) >= 11 is 0. The summed E-state index contributed by atoms with van der Waals surface area (Å²) in [6, 6.07) is 3.56. The zero-order valence-electron chi connectivity index (χ0n) is 26.6. The van der Waals surface area contributed by atoms with Gasteiger partial charge in [-0.05, 0) is 83.8 Å². The smallest absolute Gasteiger partial charge is 0.269 e. The number of carbonyl (C=O) groups is 1. The van der Waals surface area contributed by atoms with Crippen molar-refractivity contribution in [2.45, 2.75) is 98.1 Å². The second-order valence-corrected chi connectivity index (χ2v) is 13.5. The van der Waals surface area contributed by atoms with Gasteiger partial charge in [0.05, 0.1) is 41.6 Å². The number of carbonyl (C=O) groups excluding carboxylic acids is 1. The van der Waals surface area contributed by atoms with E-state index in [-0.39, 0.29) is 25.6 Å². The molecule has 5 heterocycles. The summed E-state index contributed by atoms with van der Waals surface area (Å²) < 4.78 is 40.4. The number of aromatic nitrogens is 6. The number of furan rings is 1. The first kappa shape index (κ1) is 30.4. The van der Waals surface area contributed by atoms with Gasteiger partial charge >= 0.3 is 0 Å². The molecule has 1 unspecified atom stereocenters. The van der Waals surface area contributed by atoms with Crippen molar-refractivity contribution in [1.29, 1.82) is 0 Å². The number of nitrogens with zero attached hydrogens (tertiary/aromatic N) is 7. The third kappa shape index (κ3) is 5.77. The molecule has 1 amide bonds. The fourth-order valence-electron chi connectivity index (χ4n) is 7.05. The van der Waals surface area contributed by atoms with E-state index < -0.39 is 24.3 Å². The lowest BCUT2D eigenvalue weighted by atomic mass is 9.76. The fourth-order valence-corrected chi connectivity index (χ4v) is 7.05. The maximum atomic E-state index is 15.7. The number of hydrogen-bond acceptors (Lipinski definition) is 6.